The number of carboxylic acid groups (broad SMARTS) is 1. The average molecular weight is 304 g/mol. The molecule has 5 heteroatoms. The molecule has 0 aromatic heterocycles. The fourth-order valence-electron chi connectivity index (χ4n) is 2.98. The Hall–Kier alpha value is -2.04. The molecule has 1 aromatic carbocycles. The van der Waals surface area contributed by atoms with Gasteiger partial charge in [0.1, 0.15) is 5.75 Å². The summed E-state index contributed by atoms with van der Waals surface area (Å²) in [6.45, 7) is 0.501. The van der Waals surface area contributed by atoms with Crippen molar-refractivity contribution in [2.75, 3.05) is 13.7 Å². The van der Waals surface area contributed by atoms with Crippen LogP contribution in [0.5, 0.6) is 5.75 Å². The van der Waals surface area contributed by atoms with Crippen molar-refractivity contribution in [2.24, 2.45) is 11.8 Å². The van der Waals surface area contributed by atoms with E-state index in [9.17, 15) is 14.7 Å². The first kappa shape index (κ1) is 16.3. The third kappa shape index (κ3) is 4.23. The monoisotopic (exact) mass is 304 g/mol. The first-order valence-corrected chi connectivity index (χ1v) is 7.73. The molecule has 1 amide bonds. The second-order valence-corrected chi connectivity index (χ2v) is 5.71. The Labute approximate surface area is 130 Å². The molecule has 0 radical (unpaired) electrons. The predicted molar refractivity (Wildman–Crippen MR) is 80.2 cm³/mol. The molecule has 1 aromatic rings. The topological polar surface area (TPSA) is 78.5 Å². The van der Waals surface area contributed by atoms with E-state index < -0.39 is 17.8 Å². The van der Waals surface area contributed by atoms with Gasteiger partial charge in [-0.25, -0.2) is 0 Å². The van der Waals surface area contributed by atoms with Crippen LogP contribution in [0, 0.1) is 11.8 Å². The van der Waals surface area contributed by atoms with Crippen molar-refractivity contribution in [3.63, 3.8) is 0 Å². The standard InChI is InChI=1S/C17H23NO4/c1-22-13-8-6-12(7-9-13)10-11-18-16(19)14-4-2-3-5-15(14)17(20)21/h6-9,14-15H,2-5,10-11H2,1H3,(H,18,19)(H,20,21)/p-1. The summed E-state index contributed by atoms with van der Waals surface area (Å²) in [5, 5.41) is 14.0. The third-order valence-corrected chi connectivity index (χ3v) is 4.28. The summed E-state index contributed by atoms with van der Waals surface area (Å²) in [4.78, 5) is 23.3. The first-order chi connectivity index (χ1) is 10.6. The Balaban J connectivity index is 1.82. The average Bonchev–Trinajstić information content (AvgIpc) is 2.55. The van der Waals surface area contributed by atoms with Crippen molar-refractivity contribution in [1.82, 2.24) is 5.32 Å². The van der Waals surface area contributed by atoms with Gasteiger partial charge in [-0.2, -0.15) is 0 Å². The molecule has 1 saturated carbocycles. The quantitative estimate of drug-likeness (QED) is 0.847. The number of nitrogens with one attached hydrogen (secondary N) is 1. The number of hydrogen-bond acceptors (Lipinski definition) is 4. The van der Waals surface area contributed by atoms with Crippen molar-refractivity contribution >= 4 is 11.9 Å². The minimum Gasteiger partial charge on any atom is -0.550 e. The minimum absolute atomic E-state index is 0.164. The minimum atomic E-state index is -1.10. The smallest absolute Gasteiger partial charge is 0.223 e. The Bertz CT molecular complexity index is 512. The molecular formula is C17H22NO4-. The van der Waals surface area contributed by atoms with E-state index in [0.717, 1.165) is 24.2 Å². The van der Waals surface area contributed by atoms with Crippen molar-refractivity contribution in [3.8, 4) is 5.75 Å². The Morgan fingerprint density at radius 3 is 2.41 bits per heavy atom. The van der Waals surface area contributed by atoms with Gasteiger partial charge in [0.15, 0.2) is 0 Å². The summed E-state index contributed by atoms with van der Waals surface area (Å²) in [7, 11) is 1.62. The number of hydrogen-bond donors (Lipinski definition) is 1. The van der Waals surface area contributed by atoms with E-state index in [1.807, 2.05) is 24.3 Å². The highest BCUT2D eigenvalue weighted by Gasteiger charge is 2.31. The molecule has 120 valence electrons. The Morgan fingerprint density at radius 1 is 1.18 bits per heavy atom. The van der Waals surface area contributed by atoms with Crippen LogP contribution in [0.15, 0.2) is 24.3 Å². The molecular weight excluding hydrogens is 282 g/mol. The van der Waals surface area contributed by atoms with Crippen LogP contribution in [0.2, 0.25) is 0 Å². The molecule has 22 heavy (non-hydrogen) atoms. The van der Waals surface area contributed by atoms with Gasteiger partial charge in [0.2, 0.25) is 5.91 Å². The van der Waals surface area contributed by atoms with Crippen LogP contribution in [0.4, 0.5) is 0 Å². The van der Waals surface area contributed by atoms with Gasteiger partial charge in [-0.05, 0) is 37.0 Å². The maximum atomic E-state index is 12.2. The van der Waals surface area contributed by atoms with Crippen LogP contribution in [-0.4, -0.2) is 25.5 Å². The lowest BCUT2D eigenvalue weighted by Crippen LogP contribution is -2.44. The third-order valence-electron chi connectivity index (χ3n) is 4.28. The lowest BCUT2D eigenvalue weighted by molar-refractivity contribution is -0.314. The van der Waals surface area contributed by atoms with Gasteiger partial charge in [0.05, 0.1) is 7.11 Å². The van der Waals surface area contributed by atoms with Crippen LogP contribution in [0.25, 0.3) is 0 Å². The summed E-state index contributed by atoms with van der Waals surface area (Å²) in [5.74, 6) is -1.56. The van der Waals surface area contributed by atoms with Crippen molar-refractivity contribution in [2.45, 2.75) is 32.1 Å². The van der Waals surface area contributed by atoms with Crippen LogP contribution < -0.4 is 15.2 Å². The Kier molecular flexibility index (Phi) is 5.81. The molecule has 2 atom stereocenters. The zero-order valence-corrected chi connectivity index (χ0v) is 12.8. The molecule has 0 bridgehead atoms. The highest BCUT2D eigenvalue weighted by molar-refractivity contribution is 5.84. The second-order valence-electron chi connectivity index (χ2n) is 5.71. The number of amides is 1. The van der Waals surface area contributed by atoms with Gasteiger partial charge in [-0.1, -0.05) is 25.0 Å². The van der Waals surface area contributed by atoms with E-state index in [2.05, 4.69) is 5.32 Å². The molecule has 1 N–H and O–H groups in total. The fourth-order valence-corrected chi connectivity index (χ4v) is 2.98. The van der Waals surface area contributed by atoms with Gasteiger partial charge in [0.25, 0.3) is 0 Å². The number of carboxylic acids is 1. The van der Waals surface area contributed by atoms with Crippen LogP contribution in [0.3, 0.4) is 0 Å². The lowest BCUT2D eigenvalue weighted by Gasteiger charge is -2.31. The zero-order valence-electron chi connectivity index (χ0n) is 12.8. The van der Waals surface area contributed by atoms with E-state index in [1.165, 1.54) is 0 Å². The molecule has 0 aliphatic heterocycles. The van der Waals surface area contributed by atoms with Gasteiger partial charge >= 0.3 is 0 Å². The van der Waals surface area contributed by atoms with Gasteiger partial charge < -0.3 is 20.0 Å². The molecule has 1 fully saturated rings. The van der Waals surface area contributed by atoms with Gasteiger partial charge in [0, 0.05) is 24.3 Å². The van der Waals surface area contributed by atoms with Crippen molar-refractivity contribution in [1.29, 1.82) is 0 Å². The summed E-state index contributed by atoms with van der Waals surface area (Å²) in [6, 6.07) is 7.67. The lowest BCUT2D eigenvalue weighted by atomic mass is 9.78. The second kappa shape index (κ2) is 7.82. The molecule has 5 nitrogen and oxygen atoms in total. The van der Waals surface area contributed by atoms with Crippen molar-refractivity contribution < 1.29 is 19.4 Å². The van der Waals surface area contributed by atoms with E-state index in [4.69, 9.17) is 4.74 Å². The molecule has 1 aliphatic carbocycles. The van der Waals surface area contributed by atoms with E-state index in [1.54, 1.807) is 7.11 Å². The number of ether oxygens (including phenoxy) is 1. The molecule has 0 spiro atoms. The maximum absolute atomic E-state index is 12.2. The number of rotatable bonds is 6. The molecule has 0 saturated heterocycles. The molecule has 0 heterocycles. The number of aliphatic carboxylic acids is 1. The summed E-state index contributed by atoms with van der Waals surface area (Å²) in [6.07, 6.45) is 3.64. The highest BCUT2D eigenvalue weighted by Crippen LogP contribution is 2.29. The normalized spacial score (nSPS) is 21.1. The van der Waals surface area contributed by atoms with E-state index in [0.29, 0.717) is 25.8 Å². The van der Waals surface area contributed by atoms with Crippen LogP contribution in [0.1, 0.15) is 31.2 Å². The number of carbonyl (C=O) groups is 2. The van der Waals surface area contributed by atoms with Crippen molar-refractivity contribution in [3.05, 3.63) is 29.8 Å². The molecule has 2 unspecified atom stereocenters. The predicted octanol–water partition coefficient (Wildman–Crippen LogP) is 0.910. The van der Waals surface area contributed by atoms with Crippen LogP contribution >= 0.6 is 0 Å². The molecule has 2 rings (SSSR count). The van der Waals surface area contributed by atoms with Gasteiger partial charge in [-0.3, -0.25) is 4.79 Å². The summed E-state index contributed by atoms with van der Waals surface area (Å²) in [5.41, 5.74) is 1.10. The summed E-state index contributed by atoms with van der Waals surface area (Å²) >= 11 is 0. The maximum Gasteiger partial charge on any atom is 0.223 e. The van der Waals surface area contributed by atoms with Crippen LogP contribution in [-0.2, 0) is 16.0 Å². The fraction of sp³-hybridized carbons (Fsp3) is 0.529. The zero-order chi connectivity index (χ0) is 15.9. The number of carbonyl (C=O) groups excluding carboxylic acids is 2. The van der Waals surface area contributed by atoms with E-state index >= 15 is 0 Å². The van der Waals surface area contributed by atoms with E-state index in [-0.39, 0.29) is 5.91 Å². The first-order valence-electron chi connectivity index (χ1n) is 7.73. The SMILES string of the molecule is COc1ccc(CCNC(=O)C2CCCCC2C(=O)[O-])cc1. The van der Waals surface area contributed by atoms with Gasteiger partial charge in [-0.15, -0.1) is 0 Å². The number of methoxy groups -OCH3 is 1. The number of benzene rings is 1. The molecule has 1 aliphatic rings. The summed E-state index contributed by atoms with van der Waals surface area (Å²) < 4.78 is 5.09. The largest absolute Gasteiger partial charge is 0.550 e. The highest BCUT2D eigenvalue weighted by atomic mass is 16.5. The Morgan fingerprint density at radius 2 is 1.82 bits per heavy atom.